The fourth-order valence-corrected chi connectivity index (χ4v) is 1.85. The third-order valence-electron chi connectivity index (χ3n) is 3.04. The fourth-order valence-electron chi connectivity index (χ4n) is 1.85. The van der Waals surface area contributed by atoms with Gasteiger partial charge in [0.2, 0.25) is 0 Å². The van der Waals surface area contributed by atoms with E-state index in [1.165, 1.54) is 11.8 Å². The lowest BCUT2D eigenvalue weighted by Crippen LogP contribution is -2.10. The lowest BCUT2D eigenvalue weighted by molar-refractivity contribution is 0.322. The summed E-state index contributed by atoms with van der Waals surface area (Å²) in [5, 5.41) is 11.4. The van der Waals surface area contributed by atoms with Gasteiger partial charge in [-0.25, -0.2) is 0 Å². The molecule has 0 spiro atoms. The Hall–Kier alpha value is -2.29. The molecular formula is C17H19NO2. The van der Waals surface area contributed by atoms with Crippen LogP contribution in [-0.2, 0) is 5.41 Å². The lowest BCUT2D eigenvalue weighted by atomic mass is 9.87. The normalized spacial score (nSPS) is 11.8. The smallest absolute Gasteiger partial charge is 0.127 e. The Morgan fingerprint density at radius 2 is 1.40 bits per heavy atom. The van der Waals surface area contributed by atoms with Crippen LogP contribution in [0.3, 0.4) is 0 Å². The lowest BCUT2D eigenvalue weighted by Gasteiger charge is -2.19. The second kappa shape index (κ2) is 5.78. The molecule has 0 atom stereocenters. The van der Waals surface area contributed by atoms with E-state index >= 15 is 0 Å². The molecule has 0 bridgehead atoms. The minimum absolute atomic E-state index is 0.143. The monoisotopic (exact) mass is 269 g/mol. The van der Waals surface area contributed by atoms with Gasteiger partial charge >= 0.3 is 0 Å². The SMILES string of the molecule is CC(C)(C)c1ccc(Oc2ccc(C=NO)cc2)cc1. The molecule has 0 unspecified atom stereocenters. The van der Waals surface area contributed by atoms with Crippen LogP contribution in [0.15, 0.2) is 53.7 Å². The Morgan fingerprint density at radius 3 is 1.85 bits per heavy atom. The molecule has 2 rings (SSSR count). The second-order valence-electron chi connectivity index (χ2n) is 5.69. The summed E-state index contributed by atoms with van der Waals surface area (Å²) in [6.45, 7) is 6.55. The van der Waals surface area contributed by atoms with Gasteiger partial charge in [0, 0.05) is 0 Å². The van der Waals surface area contributed by atoms with Gasteiger partial charge in [-0.3, -0.25) is 0 Å². The Morgan fingerprint density at radius 1 is 0.900 bits per heavy atom. The van der Waals surface area contributed by atoms with Crippen molar-refractivity contribution in [3.63, 3.8) is 0 Å². The zero-order chi connectivity index (χ0) is 14.6. The molecule has 1 N–H and O–H groups in total. The number of ether oxygens (including phenoxy) is 1. The molecule has 0 fully saturated rings. The van der Waals surface area contributed by atoms with Crippen molar-refractivity contribution in [3.05, 3.63) is 59.7 Å². The highest BCUT2D eigenvalue weighted by Crippen LogP contribution is 2.26. The number of hydrogen-bond acceptors (Lipinski definition) is 3. The summed E-state index contributed by atoms with van der Waals surface area (Å²) in [5.41, 5.74) is 2.24. The topological polar surface area (TPSA) is 41.8 Å². The van der Waals surface area contributed by atoms with E-state index in [9.17, 15) is 0 Å². The zero-order valence-corrected chi connectivity index (χ0v) is 12.0. The first kappa shape index (κ1) is 14.1. The number of rotatable bonds is 3. The number of hydrogen-bond donors (Lipinski definition) is 1. The molecule has 0 saturated carbocycles. The number of benzene rings is 2. The predicted octanol–water partition coefficient (Wildman–Crippen LogP) is 4.58. The third kappa shape index (κ3) is 3.60. The van der Waals surface area contributed by atoms with E-state index in [1.54, 1.807) is 0 Å². The molecule has 3 nitrogen and oxygen atoms in total. The molecule has 0 amide bonds. The van der Waals surface area contributed by atoms with Gasteiger partial charge in [-0.1, -0.05) is 38.1 Å². The summed E-state index contributed by atoms with van der Waals surface area (Å²) in [5.74, 6) is 1.56. The third-order valence-corrected chi connectivity index (χ3v) is 3.04. The first-order valence-corrected chi connectivity index (χ1v) is 6.55. The Bertz CT molecular complexity index is 578. The van der Waals surface area contributed by atoms with Crippen LogP contribution >= 0.6 is 0 Å². The Kier molecular flexibility index (Phi) is 4.08. The number of nitrogens with zero attached hydrogens (tertiary/aromatic N) is 1. The van der Waals surface area contributed by atoms with E-state index < -0.39 is 0 Å². The van der Waals surface area contributed by atoms with Crippen LogP contribution in [0.5, 0.6) is 11.5 Å². The highest BCUT2D eigenvalue weighted by Gasteiger charge is 2.12. The van der Waals surface area contributed by atoms with E-state index in [1.807, 2.05) is 36.4 Å². The van der Waals surface area contributed by atoms with E-state index in [-0.39, 0.29) is 5.41 Å². The van der Waals surface area contributed by atoms with E-state index in [0.29, 0.717) is 0 Å². The molecule has 0 aliphatic carbocycles. The average molecular weight is 269 g/mol. The minimum Gasteiger partial charge on any atom is -0.457 e. The van der Waals surface area contributed by atoms with E-state index in [0.717, 1.165) is 17.1 Å². The molecule has 0 aromatic heterocycles. The van der Waals surface area contributed by atoms with Crippen LogP contribution in [0.25, 0.3) is 0 Å². The molecule has 3 heteroatoms. The van der Waals surface area contributed by atoms with E-state index in [2.05, 4.69) is 38.1 Å². The van der Waals surface area contributed by atoms with Crippen LogP contribution < -0.4 is 4.74 Å². The highest BCUT2D eigenvalue weighted by molar-refractivity contribution is 5.79. The van der Waals surface area contributed by atoms with Gasteiger partial charge in [-0.15, -0.1) is 0 Å². The van der Waals surface area contributed by atoms with Gasteiger partial charge in [0.05, 0.1) is 6.21 Å². The van der Waals surface area contributed by atoms with Gasteiger partial charge in [0.15, 0.2) is 0 Å². The van der Waals surface area contributed by atoms with Gasteiger partial charge in [-0.2, -0.15) is 0 Å². The molecule has 0 aliphatic heterocycles. The quantitative estimate of drug-likeness (QED) is 0.503. The summed E-state index contributed by atoms with van der Waals surface area (Å²) in [4.78, 5) is 0. The van der Waals surface area contributed by atoms with Gasteiger partial charge in [-0.05, 0) is 52.9 Å². The molecule has 0 aliphatic rings. The Labute approximate surface area is 119 Å². The van der Waals surface area contributed by atoms with Gasteiger partial charge in [0.25, 0.3) is 0 Å². The van der Waals surface area contributed by atoms with Gasteiger partial charge in [0.1, 0.15) is 11.5 Å². The standard InChI is InChI=1S/C17H19NO2/c1-17(2,3)14-6-10-16(11-7-14)20-15-8-4-13(5-9-15)12-18-19/h4-12,19H,1-3H3. The van der Waals surface area contributed by atoms with Crippen molar-refractivity contribution < 1.29 is 9.94 Å². The summed E-state index contributed by atoms with van der Waals surface area (Å²) < 4.78 is 5.77. The first-order valence-electron chi connectivity index (χ1n) is 6.55. The summed E-state index contributed by atoms with van der Waals surface area (Å²) in [6.07, 6.45) is 1.38. The van der Waals surface area contributed by atoms with Crippen LogP contribution in [0, 0.1) is 0 Å². The molecule has 104 valence electrons. The van der Waals surface area contributed by atoms with Gasteiger partial charge < -0.3 is 9.94 Å². The molecular weight excluding hydrogens is 250 g/mol. The van der Waals surface area contributed by atoms with Crippen molar-refractivity contribution in [2.24, 2.45) is 5.16 Å². The van der Waals surface area contributed by atoms with Crippen molar-refractivity contribution in [3.8, 4) is 11.5 Å². The van der Waals surface area contributed by atoms with Crippen molar-refractivity contribution in [1.82, 2.24) is 0 Å². The van der Waals surface area contributed by atoms with E-state index in [4.69, 9.17) is 9.94 Å². The van der Waals surface area contributed by atoms with Crippen LogP contribution in [0.4, 0.5) is 0 Å². The molecule has 0 radical (unpaired) electrons. The summed E-state index contributed by atoms with van der Waals surface area (Å²) in [7, 11) is 0. The van der Waals surface area contributed by atoms with Crippen LogP contribution in [-0.4, -0.2) is 11.4 Å². The maximum atomic E-state index is 8.45. The maximum Gasteiger partial charge on any atom is 0.127 e. The molecule has 20 heavy (non-hydrogen) atoms. The molecule has 0 saturated heterocycles. The van der Waals surface area contributed by atoms with Crippen molar-refractivity contribution in [2.75, 3.05) is 0 Å². The highest BCUT2D eigenvalue weighted by atomic mass is 16.5. The zero-order valence-electron chi connectivity index (χ0n) is 12.0. The molecule has 0 heterocycles. The number of oxime groups is 1. The second-order valence-corrected chi connectivity index (χ2v) is 5.69. The predicted molar refractivity (Wildman–Crippen MR) is 81.0 cm³/mol. The average Bonchev–Trinajstić information content (AvgIpc) is 2.41. The van der Waals surface area contributed by atoms with Crippen molar-refractivity contribution in [2.45, 2.75) is 26.2 Å². The van der Waals surface area contributed by atoms with Crippen LogP contribution in [0.2, 0.25) is 0 Å². The molecule has 2 aromatic rings. The fraction of sp³-hybridized carbons (Fsp3) is 0.235. The first-order chi connectivity index (χ1) is 9.49. The maximum absolute atomic E-state index is 8.45. The largest absolute Gasteiger partial charge is 0.457 e. The van der Waals surface area contributed by atoms with Crippen LogP contribution in [0.1, 0.15) is 31.9 Å². The molecule has 2 aromatic carbocycles. The van der Waals surface area contributed by atoms with Crippen molar-refractivity contribution >= 4 is 6.21 Å². The van der Waals surface area contributed by atoms with Crippen molar-refractivity contribution in [1.29, 1.82) is 0 Å². The Balaban J connectivity index is 2.10. The minimum atomic E-state index is 0.143. The summed E-state index contributed by atoms with van der Waals surface area (Å²) in [6, 6.07) is 15.5. The summed E-state index contributed by atoms with van der Waals surface area (Å²) >= 11 is 0.